The Labute approximate surface area is 167 Å². The van der Waals surface area contributed by atoms with Crippen LogP contribution in [0.5, 0.6) is 0 Å². The summed E-state index contributed by atoms with van der Waals surface area (Å²) in [6.07, 6.45) is 0.536. The smallest absolute Gasteiger partial charge is 0.306 e. The second kappa shape index (κ2) is 10.3. The number of amides is 1. The number of rotatable bonds is 9. The van der Waals surface area contributed by atoms with Gasteiger partial charge in [-0.15, -0.1) is 0 Å². The number of hydrogen-bond acceptors (Lipinski definition) is 5. The number of anilines is 1. The van der Waals surface area contributed by atoms with Gasteiger partial charge in [-0.05, 0) is 25.8 Å². The molecule has 0 aromatic carbocycles. The average molecular weight is 438 g/mol. The minimum atomic E-state index is -4.44. The standard InChI is InChI=1S/C16H19ClF3N5O2S/c1-11(5-4-7-22-2)25-9-13(14(17)23-25)24(3)15(26)12(21)10-28(27)8-6-16(18,19)20/h4-5,7,9,21H,2,6,8,10H2,1,3H3. The summed E-state index contributed by atoms with van der Waals surface area (Å²) in [7, 11) is -0.642. The molecule has 0 saturated heterocycles. The molecule has 0 saturated carbocycles. The summed E-state index contributed by atoms with van der Waals surface area (Å²) in [6, 6.07) is 0. The summed E-state index contributed by atoms with van der Waals surface area (Å²) < 4.78 is 49.6. The molecule has 0 radical (unpaired) electrons. The number of nitrogens with one attached hydrogen (secondary N) is 1. The maximum absolute atomic E-state index is 12.3. The Balaban J connectivity index is 2.83. The van der Waals surface area contributed by atoms with Gasteiger partial charge < -0.3 is 4.90 Å². The second-order valence-corrected chi connectivity index (χ2v) is 7.51. The monoisotopic (exact) mass is 437 g/mol. The van der Waals surface area contributed by atoms with E-state index in [4.69, 9.17) is 17.0 Å². The van der Waals surface area contributed by atoms with Gasteiger partial charge in [-0.3, -0.25) is 19.4 Å². The number of hydrogen-bond donors (Lipinski definition) is 1. The minimum Gasteiger partial charge on any atom is -0.306 e. The highest BCUT2D eigenvalue weighted by atomic mass is 35.5. The van der Waals surface area contributed by atoms with Crippen LogP contribution in [-0.4, -0.2) is 57.1 Å². The number of aliphatic imine (C=N–C) groups is 1. The van der Waals surface area contributed by atoms with E-state index in [2.05, 4.69) is 16.8 Å². The van der Waals surface area contributed by atoms with Crippen LogP contribution in [0.25, 0.3) is 5.70 Å². The first-order valence-corrected chi connectivity index (χ1v) is 9.65. The Morgan fingerprint density at radius 1 is 1.54 bits per heavy atom. The van der Waals surface area contributed by atoms with Crippen LogP contribution < -0.4 is 4.90 Å². The number of nitrogens with zero attached hydrogens (tertiary/aromatic N) is 4. The summed E-state index contributed by atoms with van der Waals surface area (Å²) >= 11 is 6.04. The van der Waals surface area contributed by atoms with Crippen molar-refractivity contribution >= 4 is 52.1 Å². The summed E-state index contributed by atoms with van der Waals surface area (Å²) in [4.78, 5) is 16.9. The highest BCUT2D eigenvalue weighted by Gasteiger charge is 2.28. The van der Waals surface area contributed by atoms with E-state index in [0.29, 0.717) is 5.70 Å². The molecule has 1 rings (SSSR count). The minimum absolute atomic E-state index is 0.0135. The van der Waals surface area contributed by atoms with Crippen molar-refractivity contribution in [1.29, 1.82) is 5.41 Å². The Bertz CT molecular complexity index is 833. The molecule has 1 N–H and O–H groups in total. The van der Waals surface area contributed by atoms with Crippen LogP contribution >= 0.6 is 11.6 Å². The first-order chi connectivity index (χ1) is 13.0. The number of alkyl halides is 3. The van der Waals surface area contributed by atoms with Gasteiger partial charge in [0.2, 0.25) is 0 Å². The molecule has 12 heteroatoms. The lowest BCUT2D eigenvalue weighted by Crippen LogP contribution is -2.36. The number of halogens is 4. The van der Waals surface area contributed by atoms with Crippen molar-refractivity contribution < 1.29 is 22.2 Å². The lowest BCUT2D eigenvalue weighted by atomic mass is 10.3. The molecule has 1 heterocycles. The van der Waals surface area contributed by atoms with E-state index in [1.807, 2.05) is 0 Å². The molecule has 0 aliphatic rings. The molecule has 0 fully saturated rings. The molecule has 154 valence electrons. The number of carbonyl (C=O) groups is 1. The van der Waals surface area contributed by atoms with Gasteiger partial charge >= 0.3 is 6.18 Å². The van der Waals surface area contributed by atoms with Crippen molar-refractivity contribution in [3.05, 3.63) is 29.7 Å². The fourth-order valence-corrected chi connectivity index (χ4v) is 3.21. The van der Waals surface area contributed by atoms with E-state index in [0.717, 1.165) is 4.90 Å². The highest BCUT2D eigenvalue weighted by molar-refractivity contribution is 7.85. The first-order valence-electron chi connectivity index (χ1n) is 7.78. The Morgan fingerprint density at radius 2 is 2.18 bits per heavy atom. The summed E-state index contributed by atoms with van der Waals surface area (Å²) in [5.41, 5.74) is 0.257. The fourth-order valence-electron chi connectivity index (χ4n) is 1.91. The van der Waals surface area contributed by atoms with Gasteiger partial charge in [0.15, 0.2) is 5.15 Å². The van der Waals surface area contributed by atoms with Crippen LogP contribution in [0.4, 0.5) is 18.9 Å². The van der Waals surface area contributed by atoms with Gasteiger partial charge in [0.25, 0.3) is 5.91 Å². The Kier molecular flexibility index (Phi) is 8.76. The molecule has 7 nitrogen and oxygen atoms in total. The fraction of sp³-hybridized carbons (Fsp3) is 0.375. The maximum atomic E-state index is 12.3. The van der Waals surface area contributed by atoms with E-state index in [9.17, 15) is 22.2 Å². The van der Waals surface area contributed by atoms with Crippen molar-refractivity contribution in [2.75, 3.05) is 23.5 Å². The zero-order valence-electron chi connectivity index (χ0n) is 15.2. The van der Waals surface area contributed by atoms with Crippen LogP contribution in [0.3, 0.4) is 0 Å². The van der Waals surface area contributed by atoms with Crippen molar-refractivity contribution in [2.24, 2.45) is 4.99 Å². The molecule has 0 aliphatic heterocycles. The zero-order valence-corrected chi connectivity index (χ0v) is 16.7. The van der Waals surface area contributed by atoms with Crippen LogP contribution in [0.15, 0.2) is 29.5 Å². The average Bonchev–Trinajstić information content (AvgIpc) is 3.00. The number of aromatic nitrogens is 2. The van der Waals surface area contributed by atoms with E-state index >= 15 is 0 Å². The van der Waals surface area contributed by atoms with Gasteiger partial charge in [0.1, 0.15) is 11.4 Å². The quantitative estimate of drug-likeness (QED) is 0.474. The van der Waals surface area contributed by atoms with Crippen LogP contribution in [0.1, 0.15) is 13.3 Å². The Hall–Kier alpha value is -2.27. The van der Waals surface area contributed by atoms with Crippen molar-refractivity contribution in [3.8, 4) is 0 Å². The van der Waals surface area contributed by atoms with E-state index in [1.54, 1.807) is 19.1 Å². The van der Waals surface area contributed by atoms with Gasteiger partial charge in [-0.1, -0.05) is 11.6 Å². The maximum Gasteiger partial charge on any atom is 0.390 e. The van der Waals surface area contributed by atoms with Crippen molar-refractivity contribution in [1.82, 2.24) is 9.78 Å². The molecule has 0 spiro atoms. The third-order valence-corrected chi connectivity index (χ3v) is 4.92. The van der Waals surface area contributed by atoms with Crippen molar-refractivity contribution in [3.63, 3.8) is 0 Å². The first kappa shape index (κ1) is 23.8. The third-order valence-electron chi connectivity index (χ3n) is 3.38. The van der Waals surface area contributed by atoms with Gasteiger partial charge in [0, 0.05) is 35.5 Å². The van der Waals surface area contributed by atoms with Gasteiger partial charge in [0.05, 0.1) is 18.4 Å². The zero-order chi connectivity index (χ0) is 21.5. The molecule has 28 heavy (non-hydrogen) atoms. The SMILES string of the molecule is C=NC=CC=C(C)n1cc(N(C)C(=O)C(=N)CS(=O)CCC(F)(F)F)c(Cl)n1. The lowest BCUT2D eigenvalue weighted by molar-refractivity contribution is -0.129. The second-order valence-electron chi connectivity index (χ2n) is 5.58. The van der Waals surface area contributed by atoms with E-state index in [-0.39, 0.29) is 10.8 Å². The predicted octanol–water partition coefficient (Wildman–Crippen LogP) is 3.30. The molecule has 1 amide bonds. The largest absolute Gasteiger partial charge is 0.390 e. The van der Waals surface area contributed by atoms with E-state index < -0.39 is 46.5 Å². The predicted molar refractivity (Wildman–Crippen MR) is 106 cm³/mol. The van der Waals surface area contributed by atoms with Crippen molar-refractivity contribution in [2.45, 2.75) is 19.5 Å². The van der Waals surface area contributed by atoms with Crippen LogP contribution in [-0.2, 0) is 15.6 Å². The van der Waals surface area contributed by atoms with Crippen LogP contribution in [0.2, 0.25) is 5.15 Å². The molecule has 1 unspecified atom stereocenters. The normalized spacial score (nSPS) is 13.6. The molecule has 0 aliphatic carbocycles. The van der Waals surface area contributed by atoms with Gasteiger partial charge in [-0.25, -0.2) is 4.68 Å². The molecule has 1 atom stereocenters. The van der Waals surface area contributed by atoms with Gasteiger partial charge in [-0.2, -0.15) is 18.3 Å². The molecule has 0 bridgehead atoms. The molecule has 1 aromatic heterocycles. The summed E-state index contributed by atoms with van der Waals surface area (Å²) in [6.45, 7) is 5.03. The molecular formula is C16H19ClF3N5O2S. The third kappa shape index (κ3) is 7.39. The topological polar surface area (TPSA) is 91.4 Å². The van der Waals surface area contributed by atoms with E-state index in [1.165, 1.54) is 24.1 Å². The number of carbonyl (C=O) groups excluding carboxylic acids is 1. The molecular weight excluding hydrogens is 419 g/mol. The number of allylic oxidation sites excluding steroid dienone is 3. The summed E-state index contributed by atoms with van der Waals surface area (Å²) in [5, 5.41) is 11.8. The highest BCUT2D eigenvalue weighted by Crippen LogP contribution is 2.25. The summed E-state index contributed by atoms with van der Waals surface area (Å²) in [5.74, 6) is -2.08. The lowest BCUT2D eigenvalue weighted by Gasteiger charge is -2.16. The Morgan fingerprint density at radius 3 is 2.75 bits per heavy atom. The molecule has 1 aromatic rings. The van der Waals surface area contributed by atoms with Crippen LogP contribution in [0, 0.1) is 5.41 Å².